The maximum absolute atomic E-state index is 11.4. The lowest BCUT2D eigenvalue weighted by atomic mass is 10.2. The number of carbonyl (C=O) groups is 1. The highest BCUT2D eigenvalue weighted by atomic mass is 35.5. The number of carbonyl (C=O) groups excluding carboxylic acids is 1. The van der Waals surface area contributed by atoms with E-state index >= 15 is 0 Å². The van der Waals surface area contributed by atoms with Gasteiger partial charge >= 0.3 is 6.09 Å². The number of nitrogens with one attached hydrogen (secondary N) is 2. The number of hydrogen-bond acceptors (Lipinski definition) is 6. The summed E-state index contributed by atoms with van der Waals surface area (Å²) in [6.07, 6.45) is 1.28. The van der Waals surface area contributed by atoms with E-state index in [1.165, 1.54) is 0 Å². The molecule has 1 rings (SSSR count). The number of nitrogens with zero attached hydrogens (tertiary/aromatic N) is 2. The monoisotopic (exact) mass is 315 g/mol. The first kappa shape index (κ1) is 17.3. The maximum Gasteiger partial charge on any atom is 0.407 e. The van der Waals surface area contributed by atoms with Crippen molar-refractivity contribution < 1.29 is 9.53 Å². The predicted octanol–water partition coefficient (Wildman–Crippen LogP) is 2.43. The summed E-state index contributed by atoms with van der Waals surface area (Å²) in [6.45, 7) is 6.74. The number of rotatable bonds is 6. The topological polar surface area (TPSA) is 102 Å². The predicted molar refractivity (Wildman–Crippen MR) is 83.4 cm³/mol. The molecule has 1 amide bonds. The van der Waals surface area contributed by atoms with Crippen LogP contribution in [0.2, 0.25) is 5.15 Å². The molecule has 0 spiro atoms. The summed E-state index contributed by atoms with van der Waals surface area (Å²) in [5, 5.41) is 6.10. The first-order valence-corrected chi connectivity index (χ1v) is 7.15. The lowest BCUT2D eigenvalue weighted by Crippen LogP contribution is -2.33. The van der Waals surface area contributed by atoms with E-state index in [1.807, 2.05) is 20.8 Å². The first-order chi connectivity index (χ1) is 9.76. The van der Waals surface area contributed by atoms with E-state index in [0.717, 1.165) is 12.8 Å². The van der Waals surface area contributed by atoms with Gasteiger partial charge in [-0.2, -0.15) is 4.98 Å². The number of hydrogen-bond donors (Lipinski definition) is 3. The molecule has 7 nitrogen and oxygen atoms in total. The largest absolute Gasteiger partial charge is 0.444 e. The molecular weight excluding hydrogens is 294 g/mol. The van der Waals surface area contributed by atoms with Crippen molar-refractivity contribution in [3.05, 3.63) is 11.2 Å². The zero-order valence-electron chi connectivity index (χ0n) is 12.6. The second-order valence-electron chi connectivity index (χ2n) is 5.50. The van der Waals surface area contributed by atoms with Crippen LogP contribution in [0.15, 0.2) is 6.07 Å². The molecule has 0 saturated carbocycles. The highest BCUT2D eigenvalue weighted by Gasteiger charge is 2.15. The van der Waals surface area contributed by atoms with Gasteiger partial charge in [-0.1, -0.05) is 11.6 Å². The first-order valence-electron chi connectivity index (χ1n) is 6.77. The normalized spacial score (nSPS) is 11.0. The number of nitrogen functional groups attached to an aromatic ring is 1. The van der Waals surface area contributed by atoms with Crippen molar-refractivity contribution in [2.45, 2.75) is 39.2 Å². The third-order valence-corrected chi connectivity index (χ3v) is 2.48. The van der Waals surface area contributed by atoms with E-state index < -0.39 is 11.7 Å². The third-order valence-electron chi connectivity index (χ3n) is 2.29. The number of alkyl carbamates (subject to hydrolysis) is 1. The zero-order valence-corrected chi connectivity index (χ0v) is 13.3. The third kappa shape index (κ3) is 8.19. The van der Waals surface area contributed by atoms with E-state index in [2.05, 4.69) is 20.6 Å². The number of aromatic nitrogens is 2. The van der Waals surface area contributed by atoms with Gasteiger partial charge in [-0.25, -0.2) is 9.78 Å². The van der Waals surface area contributed by atoms with Crippen molar-refractivity contribution in [3.8, 4) is 0 Å². The van der Waals surface area contributed by atoms with Crippen LogP contribution in [-0.4, -0.2) is 34.8 Å². The lowest BCUT2D eigenvalue weighted by Gasteiger charge is -2.19. The summed E-state index contributed by atoms with van der Waals surface area (Å²) in [4.78, 5) is 19.2. The van der Waals surface area contributed by atoms with Crippen LogP contribution < -0.4 is 16.4 Å². The number of amides is 1. The Morgan fingerprint density at radius 1 is 1.33 bits per heavy atom. The van der Waals surface area contributed by atoms with Crippen molar-refractivity contribution in [3.63, 3.8) is 0 Å². The Kier molecular flexibility index (Phi) is 6.48. The van der Waals surface area contributed by atoms with Crippen LogP contribution in [0, 0.1) is 0 Å². The molecular formula is C13H22ClN5O2. The van der Waals surface area contributed by atoms with Gasteiger partial charge < -0.3 is 21.1 Å². The number of anilines is 2. The molecule has 118 valence electrons. The zero-order chi connectivity index (χ0) is 15.9. The number of ether oxygens (including phenoxy) is 1. The fourth-order valence-corrected chi connectivity index (χ4v) is 1.69. The molecule has 0 saturated heterocycles. The standard InChI is InChI=1S/C13H22ClN5O2/c1-13(2,3)21-12(20)17-7-5-4-6-16-10-8-9(14)18-11(15)19-10/h8H,4-7H2,1-3H3,(H,17,20)(H3,15,16,18,19). The maximum atomic E-state index is 11.4. The molecule has 0 aliphatic carbocycles. The molecule has 0 unspecified atom stereocenters. The molecule has 0 fully saturated rings. The molecule has 1 aromatic rings. The fraction of sp³-hybridized carbons (Fsp3) is 0.615. The summed E-state index contributed by atoms with van der Waals surface area (Å²) in [6, 6.07) is 1.61. The Morgan fingerprint density at radius 2 is 2.00 bits per heavy atom. The van der Waals surface area contributed by atoms with Crippen molar-refractivity contribution in [1.82, 2.24) is 15.3 Å². The SMILES string of the molecule is CC(C)(C)OC(=O)NCCCCNc1cc(Cl)nc(N)n1. The molecule has 1 heterocycles. The van der Waals surface area contributed by atoms with Crippen LogP contribution in [0.5, 0.6) is 0 Å². The molecule has 0 bridgehead atoms. The Bertz CT molecular complexity index is 456. The minimum Gasteiger partial charge on any atom is -0.444 e. The van der Waals surface area contributed by atoms with Gasteiger partial charge in [0.2, 0.25) is 5.95 Å². The lowest BCUT2D eigenvalue weighted by molar-refractivity contribution is 0.0527. The van der Waals surface area contributed by atoms with Crippen molar-refractivity contribution in [2.24, 2.45) is 0 Å². The highest BCUT2D eigenvalue weighted by Crippen LogP contribution is 2.12. The van der Waals surface area contributed by atoms with Crippen LogP contribution in [-0.2, 0) is 4.74 Å². The van der Waals surface area contributed by atoms with E-state index in [9.17, 15) is 4.79 Å². The second kappa shape index (κ2) is 7.87. The highest BCUT2D eigenvalue weighted by molar-refractivity contribution is 6.29. The minimum absolute atomic E-state index is 0.136. The van der Waals surface area contributed by atoms with E-state index in [-0.39, 0.29) is 5.95 Å². The van der Waals surface area contributed by atoms with E-state index in [4.69, 9.17) is 22.1 Å². The number of halogens is 1. The van der Waals surface area contributed by atoms with Crippen LogP contribution in [0.3, 0.4) is 0 Å². The molecule has 0 aromatic carbocycles. The van der Waals surface area contributed by atoms with E-state index in [1.54, 1.807) is 6.07 Å². The Labute approximate surface area is 129 Å². The van der Waals surface area contributed by atoms with Crippen LogP contribution >= 0.6 is 11.6 Å². The molecule has 4 N–H and O–H groups in total. The average Bonchev–Trinajstić information content (AvgIpc) is 2.30. The van der Waals surface area contributed by atoms with Crippen LogP contribution in [0.1, 0.15) is 33.6 Å². The summed E-state index contributed by atoms with van der Waals surface area (Å²) in [7, 11) is 0. The van der Waals surface area contributed by atoms with Crippen LogP contribution in [0.4, 0.5) is 16.6 Å². The molecule has 8 heteroatoms. The fourth-order valence-electron chi connectivity index (χ4n) is 1.50. The molecule has 0 aliphatic rings. The molecule has 0 aliphatic heterocycles. The smallest absolute Gasteiger partial charge is 0.407 e. The molecule has 1 aromatic heterocycles. The summed E-state index contributed by atoms with van der Waals surface area (Å²) >= 11 is 5.77. The van der Waals surface area contributed by atoms with Gasteiger partial charge in [0.15, 0.2) is 0 Å². The van der Waals surface area contributed by atoms with Crippen LogP contribution in [0.25, 0.3) is 0 Å². The van der Waals surface area contributed by atoms with Gasteiger partial charge in [-0.3, -0.25) is 0 Å². The van der Waals surface area contributed by atoms with Gasteiger partial charge in [-0.15, -0.1) is 0 Å². The quantitative estimate of drug-likeness (QED) is 0.550. The van der Waals surface area contributed by atoms with Crippen molar-refractivity contribution in [2.75, 3.05) is 24.1 Å². The van der Waals surface area contributed by atoms with Crippen molar-refractivity contribution in [1.29, 1.82) is 0 Å². The van der Waals surface area contributed by atoms with Gasteiger partial charge in [0.05, 0.1) is 0 Å². The summed E-state index contributed by atoms with van der Waals surface area (Å²) in [5.74, 6) is 0.726. The van der Waals surface area contributed by atoms with Gasteiger partial charge in [0.1, 0.15) is 16.6 Å². The summed E-state index contributed by atoms with van der Waals surface area (Å²) in [5.41, 5.74) is 5.01. The average molecular weight is 316 g/mol. The Morgan fingerprint density at radius 3 is 2.62 bits per heavy atom. The van der Waals surface area contributed by atoms with Gasteiger partial charge in [0.25, 0.3) is 0 Å². The summed E-state index contributed by atoms with van der Waals surface area (Å²) < 4.78 is 5.13. The number of unbranched alkanes of at least 4 members (excludes halogenated alkanes) is 1. The Hall–Kier alpha value is -1.76. The molecule has 21 heavy (non-hydrogen) atoms. The molecule has 0 radical (unpaired) electrons. The van der Waals surface area contributed by atoms with Crippen molar-refractivity contribution >= 4 is 29.5 Å². The van der Waals surface area contributed by atoms with E-state index in [0.29, 0.717) is 24.1 Å². The second-order valence-corrected chi connectivity index (χ2v) is 5.88. The minimum atomic E-state index is -0.474. The molecule has 0 atom stereocenters. The van der Waals surface area contributed by atoms with Gasteiger partial charge in [0, 0.05) is 19.2 Å². The number of nitrogens with two attached hydrogens (primary N) is 1. The Balaban J connectivity index is 2.13. The van der Waals surface area contributed by atoms with Gasteiger partial charge in [-0.05, 0) is 33.6 Å².